The van der Waals surface area contributed by atoms with Crippen molar-refractivity contribution in [1.29, 1.82) is 0 Å². The molecule has 0 amide bonds. The molecule has 2 unspecified atom stereocenters. The van der Waals surface area contributed by atoms with Crippen LogP contribution in [0.15, 0.2) is 41.8 Å². The molecule has 0 aliphatic rings. The summed E-state index contributed by atoms with van der Waals surface area (Å²) in [5, 5.41) is 5.34. The van der Waals surface area contributed by atoms with Crippen molar-refractivity contribution >= 4 is 17.3 Å². The van der Waals surface area contributed by atoms with E-state index < -0.39 is 0 Å². The number of ether oxygens (including phenoxy) is 1. The lowest BCUT2D eigenvalue weighted by atomic mass is 10.1. The van der Waals surface area contributed by atoms with Crippen LogP contribution in [-0.2, 0) is 9.53 Å². The fraction of sp³-hybridized carbons (Fsp3) is 0.312. The Kier molecular flexibility index (Phi) is 5.47. The van der Waals surface area contributed by atoms with Gasteiger partial charge >= 0.3 is 5.97 Å². The maximum Gasteiger partial charge on any atom is 0.307 e. The summed E-state index contributed by atoms with van der Waals surface area (Å²) >= 11 is 1.58. The molecule has 0 bridgehead atoms. The second-order valence-electron chi connectivity index (χ2n) is 4.79. The molecule has 0 aliphatic heterocycles. The molecule has 1 heterocycles. The summed E-state index contributed by atoms with van der Waals surface area (Å²) in [7, 11) is 1.38. The lowest BCUT2D eigenvalue weighted by Crippen LogP contribution is -2.26. The molecule has 5 heteroatoms. The summed E-state index contributed by atoms with van der Waals surface area (Å²) in [5.74, 6) is -0.533. The Balaban J connectivity index is 2.12. The zero-order chi connectivity index (χ0) is 15.2. The third-order valence-electron chi connectivity index (χ3n) is 3.28. The van der Waals surface area contributed by atoms with Gasteiger partial charge in [-0.3, -0.25) is 4.79 Å². The predicted octanol–water partition coefficient (Wildman–Crippen LogP) is 3.84. The first-order valence-corrected chi connectivity index (χ1v) is 7.60. The molecule has 0 aliphatic carbocycles. The molecule has 112 valence electrons. The molecule has 3 nitrogen and oxygen atoms in total. The van der Waals surface area contributed by atoms with Gasteiger partial charge in [0.1, 0.15) is 5.82 Å². The normalized spacial score (nSPS) is 13.7. The first kappa shape index (κ1) is 15.7. The fourth-order valence-corrected chi connectivity index (χ4v) is 2.94. The number of nitrogens with one attached hydrogen (secondary N) is 1. The van der Waals surface area contributed by atoms with Gasteiger partial charge in [-0.05, 0) is 36.1 Å². The van der Waals surface area contributed by atoms with Crippen LogP contribution in [0, 0.1) is 5.82 Å². The minimum Gasteiger partial charge on any atom is -0.469 e. The fourth-order valence-electron chi connectivity index (χ4n) is 2.16. The van der Waals surface area contributed by atoms with E-state index in [2.05, 4.69) is 5.32 Å². The van der Waals surface area contributed by atoms with Crippen LogP contribution in [0.25, 0.3) is 0 Å². The summed E-state index contributed by atoms with van der Waals surface area (Å²) in [6.45, 7) is 1.95. The monoisotopic (exact) mass is 307 g/mol. The van der Waals surface area contributed by atoms with Crippen LogP contribution >= 0.6 is 11.3 Å². The molecule has 0 saturated carbocycles. The van der Waals surface area contributed by atoms with Crippen LogP contribution in [-0.4, -0.2) is 13.1 Å². The highest BCUT2D eigenvalue weighted by atomic mass is 32.1. The number of carbonyl (C=O) groups excluding carboxylic acids is 1. The van der Waals surface area contributed by atoms with Crippen LogP contribution in [0.4, 0.5) is 4.39 Å². The number of halogens is 1. The van der Waals surface area contributed by atoms with Gasteiger partial charge in [0.2, 0.25) is 0 Å². The molecule has 0 spiro atoms. The van der Waals surface area contributed by atoms with Crippen molar-refractivity contribution in [1.82, 2.24) is 5.32 Å². The quantitative estimate of drug-likeness (QED) is 0.824. The van der Waals surface area contributed by atoms with Crippen molar-refractivity contribution in [3.8, 4) is 0 Å². The molecule has 21 heavy (non-hydrogen) atoms. The third-order valence-corrected chi connectivity index (χ3v) is 4.27. The number of hydrogen-bond donors (Lipinski definition) is 1. The highest BCUT2D eigenvalue weighted by Crippen LogP contribution is 2.26. The van der Waals surface area contributed by atoms with Crippen LogP contribution in [0.1, 0.15) is 35.9 Å². The van der Waals surface area contributed by atoms with Gasteiger partial charge in [-0.2, -0.15) is 0 Å². The van der Waals surface area contributed by atoms with Gasteiger partial charge < -0.3 is 10.1 Å². The maximum absolute atomic E-state index is 13.3. The van der Waals surface area contributed by atoms with Gasteiger partial charge in [-0.25, -0.2) is 4.39 Å². The van der Waals surface area contributed by atoms with Crippen molar-refractivity contribution in [2.75, 3.05) is 7.11 Å². The van der Waals surface area contributed by atoms with Gasteiger partial charge in [0.05, 0.1) is 19.6 Å². The van der Waals surface area contributed by atoms with E-state index in [1.165, 1.54) is 19.2 Å². The van der Waals surface area contributed by atoms with Gasteiger partial charge in [0, 0.05) is 10.9 Å². The van der Waals surface area contributed by atoms with E-state index >= 15 is 0 Å². The minimum absolute atomic E-state index is 0.0718. The summed E-state index contributed by atoms with van der Waals surface area (Å²) in [4.78, 5) is 12.6. The number of methoxy groups -OCH3 is 1. The lowest BCUT2D eigenvalue weighted by molar-refractivity contribution is -0.141. The van der Waals surface area contributed by atoms with Gasteiger partial charge in [0.15, 0.2) is 0 Å². The first-order chi connectivity index (χ1) is 10.1. The van der Waals surface area contributed by atoms with E-state index in [-0.39, 0.29) is 30.3 Å². The van der Waals surface area contributed by atoms with Crippen molar-refractivity contribution in [2.24, 2.45) is 0 Å². The predicted molar refractivity (Wildman–Crippen MR) is 81.6 cm³/mol. The number of benzene rings is 1. The zero-order valence-corrected chi connectivity index (χ0v) is 12.8. The number of hydrogen-bond acceptors (Lipinski definition) is 4. The number of thiophene rings is 1. The van der Waals surface area contributed by atoms with E-state index in [0.717, 1.165) is 10.4 Å². The largest absolute Gasteiger partial charge is 0.469 e. The molecular formula is C16H18FNO2S. The summed E-state index contributed by atoms with van der Waals surface area (Å²) in [6, 6.07) is 10.2. The molecule has 0 saturated heterocycles. The second-order valence-corrected chi connectivity index (χ2v) is 5.77. The lowest BCUT2D eigenvalue weighted by Gasteiger charge is -2.22. The molecule has 1 aromatic carbocycles. The Morgan fingerprint density at radius 2 is 2.19 bits per heavy atom. The van der Waals surface area contributed by atoms with Gasteiger partial charge in [-0.15, -0.1) is 11.3 Å². The van der Waals surface area contributed by atoms with Crippen LogP contribution < -0.4 is 5.32 Å². The van der Waals surface area contributed by atoms with E-state index in [1.807, 2.05) is 30.5 Å². The Morgan fingerprint density at radius 1 is 1.38 bits per heavy atom. The Labute approximate surface area is 127 Å². The number of esters is 1. The molecule has 0 radical (unpaired) electrons. The smallest absolute Gasteiger partial charge is 0.307 e. The molecule has 2 aromatic rings. The summed E-state index contributed by atoms with van der Waals surface area (Å²) in [6.07, 6.45) is 0.247. The van der Waals surface area contributed by atoms with Crippen LogP contribution in [0.5, 0.6) is 0 Å². The van der Waals surface area contributed by atoms with Crippen LogP contribution in [0.2, 0.25) is 0 Å². The van der Waals surface area contributed by atoms with Gasteiger partial charge in [-0.1, -0.05) is 18.2 Å². The summed E-state index contributed by atoms with van der Waals surface area (Å²) < 4.78 is 18.1. The molecule has 2 atom stereocenters. The van der Waals surface area contributed by atoms with E-state index in [1.54, 1.807) is 17.4 Å². The average molecular weight is 307 g/mol. The SMILES string of the molecule is COC(=O)CC(NC(C)c1cccc(F)c1)c1cccs1. The Bertz CT molecular complexity index is 586. The first-order valence-electron chi connectivity index (χ1n) is 6.72. The average Bonchev–Trinajstić information content (AvgIpc) is 3.00. The topological polar surface area (TPSA) is 38.3 Å². The summed E-state index contributed by atoms with van der Waals surface area (Å²) in [5.41, 5.74) is 0.849. The molecule has 1 aromatic heterocycles. The molecule has 2 rings (SSSR count). The Morgan fingerprint density at radius 3 is 2.81 bits per heavy atom. The standard InChI is InChI=1S/C16H18FNO2S/c1-11(12-5-3-6-13(17)9-12)18-14(10-16(19)20-2)15-7-4-8-21-15/h3-9,11,14,18H,10H2,1-2H3. The van der Waals surface area contributed by atoms with E-state index in [9.17, 15) is 9.18 Å². The van der Waals surface area contributed by atoms with Crippen molar-refractivity contribution in [3.05, 3.63) is 58.0 Å². The molecule has 1 N–H and O–H groups in total. The van der Waals surface area contributed by atoms with Crippen molar-refractivity contribution < 1.29 is 13.9 Å². The van der Waals surface area contributed by atoms with E-state index in [0.29, 0.717) is 0 Å². The third kappa shape index (κ3) is 4.37. The van der Waals surface area contributed by atoms with Crippen LogP contribution in [0.3, 0.4) is 0 Å². The van der Waals surface area contributed by atoms with Crippen molar-refractivity contribution in [2.45, 2.75) is 25.4 Å². The Hall–Kier alpha value is -1.72. The number of rotatable bonds is 6. The zero-order valence-electron chi connectivity index (χ0n) is 12.0. The maximum atomic E-state index is 13.3. The highest BCUT2D eigenvalue weighted by Gasteiger charge is 2.20. The minimum atomic E-state index is -0.271. The molecular weight excluding hydrogens is 289 g/mol. The highest BCUT2D eigenvalue weighted by molar-refractivity contribution is 7.10. The van der Waals surface area contributed by atoms with Gasteiger partial charge in [0.25, 0.3) is 0 Å². The molecule has 0 fully saturated rings. The van der Waals surface area contributed by atoms with E-state index in [4.69, 9.17) is 4.74 Å². The van der Waals surface area contributed by atoms with Crippen molar-refractivity contribution in [3.63, 3.8) is 0 Å². The number of carbonyl (C=O) groups is 1. The second kappa shape index (κ2) is 7.33.